The van der Waals surface area contributed by atoms with Crippen molar-refractivity contribution in [1.82, 2.24) is 19.5 Å². The molecule has 0 aliphatic heterocycles. The van der Waals surface area contributed by atoms with Crippen molar-refractivity contribution in [3.63, 3.8) is 0 Å². The minimum absolute atomic E-state index is 0.163. The summed E-state index contributed by atoms with van der Waals surface area (Å²) in [4.78, 5) is 24.9. The van der Waals surface area contributed by atoms with Gasteiger partial charge in [0.15, 0.2) is 0 Å². The largest absolute Gasteiger partial charge is 0.497 e. The van der Waals surface area contributed by atoms with Gasteiger partial charge in [-0.05, 0) is 30.3 Å². The van der Waals surface area contributed by atoms with Crippen molar-refractivity contribution in [1.29, 1.82) is 0 Å². The first kappa shape index (κ1) is 18.5. The minimum Gasteiger partial charge on any atom is -0.497 e. The Morgan fingerprint density at radius 1 is 1.07 bits per heavy atom. The van der Waals surface area contributed by atoms with Crippen LogP contribution in [-0.4, -0.2) is 33.7 Å². The molecule has 0 radical (unpaired) electrons. The van der Waals surface area contributed by atoms with Crippen molar-refractivity contribution in [2.45, 2.75) is 6.54 Å². The second-order valence-electron chi connectivity index (χ2n) is 6.51. The summed E-state index contributed by atoms with van der Waals surface area (Å²) in [6, 6.07) is 18.3. The lowest BCUT2D eigenvalue weighted by Gasteiger charge is -2.08. The third-order valence-electron chi connectivity index (χ3n) is 4.64. The maximum atomic E-state index is 12.8. The summed E-state index contributed by atoms with van der Waals surface area (Å²) in [6.07, 6.45) is 3.41. The average Bonchev–Trinajstić information content (AvgIpc) is 3.21. The molecule has 7 nitrogen and oxygen atoms in total. The molecule has 0 saturated heterocycles. The number of benzene rings is 2. The van der Waals surface area contributed by atoms with Gasteiger partial charge in [-0.25, -0.2) is 4.52 Å². The quantitative estimate of drug-likeness (QED) is 0.551. The molecule has 0 atom stereocenters. The molecular formula is C22H20N4O3. The van der Waals surface area contributed by atoms with Crippen LogP contribution in [0.4, 0.5) is 0 Å². The Balaban J connectivity index is 1.52. The molecule has 2 heterocycles. The zero-order valence-electron chi connectivity index (χ0n) is 15.9. The molecule has 4 aromatic rings. The maximum absolute atomic E-state index is 12.8. The Hall–Kier alpha value is -3.87. The lowest BCUT2D eigenvalue weighted by atomic mass is 10.1. The summed E-state index contributed by atoms with van der Waals surface area (Å²) in [5.74, 6) is 0.565. The topological polar surface area (TPSA) is 77.6 Å². The fraction of sp³-hybridized carbons (Fsp3) is 0.136. The lowest BCUT2D eigenvalue weighted by molar-refractivity contribution is 0.0952. The van der Waals surface area contributed by atoms with Gasteiger partial charge < -0.3 is 14.6 Å². The summed E-state index contributed by atoms with van der Waals surface area (Å²) in [6.45, 7) is 0.717. The van der Waals surface area contributed by atoms with Crippen molar-refractivity contribution >= 4 is 11.4 Å². The minimum atomic E-state index is -0.164. The highest BCUT2D eigenvalue weighted by Crippen LogP contribution is 2.23. The predicted octanol–water partition coefficient (Wildman–Crippen LogP) is 2.60. The number of methoxy groups -OCH3 is 1. The first-order chi connectivity index (χ1) is 14.2. The van der Waals surface area contributed by atoms with Crippen LogP contribution in [0, 0.1) is 0 Å². The number of nitrogens with zero attached hydrogens (tertiary/aromatic N) is 3. The number of ether oxygens (including phenoxy) is 1. The zero-order valence-corrected chi connectivity index (χ0v) is 15.9. The van der Waals surface area contributed by atoms with Crippen molar-refractivity contribution < 1.29 is 9.53 Å². The molecule has 146 valence electrons. The van der Waals surface area contributed by atoms with E-state index in [4.69, 9.17) is 4.74 Å². The highest BCUT2D eigenvalue weighted by atomic mass is 16.5. The Morgan fingerprint density at radius 2 is 1.90 bits per heavy atom. The van der Waals surface area contributed by atoms with Gasteiger partial charge in [-0.15, -0.1) is 0 Å². The molecule has 0 aliphatic carbocycles. The standard InChI is InChI=1S/C22H20N4O3/c1-29-18-9-5-8-17(14-18)19-15-20-22(28)25(12-13-26(20)24-19)11-10-23-21(27)16-6-3-2-4-7-16/h2-9,12-15H,10-11H2,1H3,(H,23,27). The monoisotopic (exact) mass is 388 g/mol. The van der Waals surface area contributed by atoms with Crippen molar-refractivity contribution in [3.05, 3.63) is 89.0 Å². The molecule has 0 bridgehead atoms. The molecular weight excluding hydrogens is 368 g/mol. The number of amides is 1. The van der Waals surface area contributed by atoms with E-state index < -0.39 is 0 Å². The second kappa shape index (κ2) is 8.02. The van der Waals surface area contributed by atoms with Gasteiger partial charge in [0.1, 0.15) is 11.3 Å². The van der Waals surface area contributed by atoms with Crippen LogP contribution >= 0.6 is 0 Å². The highest BCUT2D eigenvalue weighted by Gasteiger charge is 2.10. The van der Waals surface area contributed by atoms with Gasteiger partial charge in [-0.2, -0.15) is 5.10 Å². The fourth-order valence-electron chi connectivity index (χ4n) is 3.11. The van der Waals surface area contributed by atoms with E-state index >= 15 is 0 Å². The smallest absolute Gasteiger partial charge is 0.276 e. The summed E-state index contributed by atoms with van der Waals surface area (Å²) in [5.41, 5.74) is 2.46. The molecule has 7 heteroatoms. The molecule has 0 spiro atoms. The van der Waals surface area contributed by atoms with Crippen molar-refractivity contribution in [3.8, 4) is 17.0 Å². The van der Waals surface area contributed by atoms with Gasteiger partial charge in [0, 0.05) is 36.6 Å². The van der Waals surface area contributed by atoms with Crippen LogP contribution in [-0.2, 0) is 6.54 Å². The number of carbonyl (C=O) groups excluding carboxylic acids is 1. The van der Waals surface area contributed by atoms with Crippen LogP contribution < -0.4 is 15.6 Å². The second-order valence-corrected chi connectivity index (χ2v) is 6.51. The molecule has 0 fully saturated rings. The van der Waals surface area contributed by atoms with E-state index in [0.29, 0.717) is 29.9 Å². The number of nitrogens with one attached hydrogen (secondary N) is 1. The van der Waals surface area contributed by atoms with Gasteiger partial charge >= 0.3 is 0 Å². The van der Waals surface area contributed by atoms with Crippen LogP contribution in [0.15, 0.2) is 77.9 Å². The van der Waals surface area contributed by atoms with E-state index in [-0.39, 0.29) is 11.5 Å². The van der Waals surface area contributed by atoms with Gasteiger partial charge in [0.05, 0.1) is 12.8 Å². The summed E-state index contributed by atoms with van der Waals surface area (Å²) in [5, 5.41) is 7.32. The van der Waals surface area contributed by atoms with Crippen LogP contribution in [0.2, 0.25) is 0 Å². The predicted molar refractivity (Wildman–Crippen MR) is 110 cm³/mol. The molecule has 1 N–H and O–H groups in total. The third-order valence-corrected chi connectivity index (χ3v) is 4.64. The molecule has 0 saturated carbocycles. The van der Waals surface area contributed by atoms with Crippen LogP contribution in [0.1, 0.15) is 10.4 Å². The van der Waals surface area contributed by atoms with Gasteiger partial charge in [-0.1, -0.05) is 30.3 Å². The lowest BCUT2D eigenvalue weighted by Crippen LogP contribution is -2.31. The molecule has 1 amide bonds. The first-order valence-electron chi connectivity index (χ1n) is 9.22. The Morgan fingerprint density at radius 3 is 2.69 bits per heavy atom. The summed E-state index contributed by atoms with van der Waals surface area (Å²) >= 11 is 0. The molecule has 0 aliphatic rings. The number of fused-ring (bicyclic) bond motifs is 1. The number of hydrogen-bond acceptors (Lipinski definition) is 4. The Bertz CT molecular complexity index is 1210. The van der Waals surface area contributed by atoms with Crippen LogP contribution in [0.5, 0.6) is 5.75 Å². The third kappa shape index (κ3) is 3.89. The number of carbonyl (C=O) groups is 1. The van der Waals surface area contributed by atoms with Gasteiger partial charge in [0.25, 0.3) is 11.5 Å². The number of aromatic nitrogens is 3. The van der Waals surface area contributed by atoms with E-state index in [2.05, 4.69) is 10.4 Å². The molecule has 2 aromatic carbocycles. The van der Waals surface area contributed by atoms with Gasteiger partial charge in [0.2, 0.25) is 0 Å². The molecule has 0 unspecified atom stereocenters. The molecule has 29 heavy (non-hydrogen) atoms. The Labute approximate surface area is 167 Å². The van der Waals surface area contributed by atoms with Crippen LogP contribution in [0.25, 0.3) is 16.8 Å². The van der Waals surface area contributed by atoms with Gasteiger partial charge in [-0.3, -0.25) is 9.59 Å². The first-order valence-corrected chi connectivity index (χ1v) is 9.22. The van der Waals surface area contributed by atoms with Crippen LogP contribution in [0.3, 0.4) is 0 Å². The van der Waals surface area contributed by atoms with E-state index in [1.165, 1.54) is 0 Å². The van der Waals surface area contributed by atoms with E-state index in [1.807, 2.05) is 42.5 Å². The summed E-state index contributed by atoms with van der Waals surface area (Å²) in [7, 11) is 1.61. The highest BCUT2D eigenvalue weighted by molar-refractivity contribution is 5.94. The zero-order chi connectivity index (χ0) is 20.2. The average molecular weight is 388 g/mol. The van der Waals surface area contributed by atoms with E-state index in [1.54, 1.807) is 46.8 Å². The van der Waals surface area contributed by atoms with Crippen molar-refractivity contribution in [2.75, 3.05) is 13.7 Å². The van der Waals surface area contributed by atoms with E-state index in [0.717, 1.165) is 11.3 Å². The number of rotatable bonds is 6. The SMILES string of the molecule is COc1cccc(-c2cc3c(=O)n(CCNC(=O)c4ccccc4)ccn3n2)c1. The Kier molecular flexibility index (Phi) is 5.11. The maximum Gasteiger partial charge on any atom is 0.276 e. The van der Waals surface area contributed by atoms with E-state index in [9.17, 15) is 9.59 Å². The molecule has 4 rings (SSSR count). The summed E-state index contributed by atoms with van der Waals surface area (Å²) < 4.78 is 8.39. The normalized spacial score (nSPS) is 10.8. The van der Waals surface area contributed by atoms with Crippen molar-refractivity contribution in [2.24, 2.45) is 0 Å². The molecule has 2 aromatic heterocycles. The number of hydrogen-bond donors (Lipinski definition) is 1. The fourth-order valence-corrected chi connectivity index (χ4v) is 3.11.